The molecule has 0 fully saturated rings. The van der Waals surface area contributed by atoms with Gasteiger partial charge in [0.25, 0.3) is 0 Å². The third-order valence-electron chi connectivity index (χ3n) is 2.83. The predicted octanol–water partition coefficient (Wildman–Crippen LogP) is 5.68. The van der Waals surface area contributed by atoms with Crippen LogP contribution in [0.4, 0.5) is 0 Å². The quantitative estimate of drug-likeness (QED) is 0.719. The van der Waals surface area contributed by atoms with Crippen LogP contribution in [0.2, 0.25) is 20.1 Å². The van der Waals surface area contributed by atoms with Crippen molar-refractivity contribution >= 4 is 46.4 Å². The van der Waals surface area contributed by atoms with Crippen LogP contribution < -0.4 is 4.74 Å². The molecular formula is C12H14Cl4O2. The molecule has 1 N–H and O–H groups in total. The van der Waals surface area contributed by atoms with Crippen LogP contribution >= 0.6 is 46.4 Å². The molecule has 2 nitrogen and oxygen atoms in total. The van der Waals surface area contributed by atoms with Crippen LogP contribution in [0.1, 0.15) is 20.8 Å². The molecule has 18 heavy (non-hydrogen) atoms. The van der Waals surface area contributed by atoms with Crippen LogP contribution in [0.15, 0.2) is 0 Å². The van der Waals surface area contributed by atoms with E-state index in [1.165, 1.54) is 0 Å². The first-order valence-corrected chi connectivity index (χ1v) is 6.96. The molecule has 1 unspecified atom stereocenters. The van der Waals surface area contributed by atoms with Crippen LogP contribution in [0.25, 0.3) is 0 Å². The number of benzene rings is 1. The second-order valence-corrected chi connectivity index (χ2v) is 5.98. The molecule has 1 aromatic rings. The molecule has 1 rings (SSSR count). The van der Waals surface area contributed by atoms with Crippen molar-refractivity contribution in [1.82, 2.24) is 0 Å². The van der Waals surface area contributed by atoms with Gasteiger partial charge >= 0.3 is 0 Å². The standard InChI is InChI=1S/C12H14Cl4O2/c1-5(2)6(3)4-18-12-9(15)7(13)11(17)8(14)10(12)16/h5-6,17H,4H2,1-3H3. The molecule has 0 spiro atoms. The van der Waals surface area contributed by atoms with Gasteiger partial charge in [0.15, 0.2) is 11.5 Å². The molecular weight excluding hydrogens is 318 g/mol. The molecule has 1 atom stereocenters. The van der Waals surface area contributed by atoms with Gasteiger partial charge in [-0.15, -0.1) is 0 Å². The maximum Gasteiger partial charge on any atom is 0.159 e. The van der Waals surface area contributed by atoms with E-state index in [1.807, 2.05) is 0 Å². The highest BCUT2D eigenvalue weighted by Crippen LogP contribution is 2.49. The number of hydrogen-bond donors (Lipinski definition) is 1. The number of rotatable bonds is 4. The largest absolute Gasteiger partial charge is 0.505 e. The lowest BCUT2D eigenvalue weighted by molar-refractivity contribution is 0.223. The van der Waals surface area contributed by atoms with E-state index in [0.717, 1.165) is 0 Å². The van der Waals surface area contributed by atoms with E-state index in [9.17, 15) is 5.11 Å². The van der Waals surface area contributed by atoms with Gasteiger partial charge in [0.05, 0.1) is 6.61 Å². The van der Waals surface area contributed by atoms with E-state index in [4.69, 9.17) is 51.1 Å². The summed E-state index contributed by atoms with van der Waals surface area (Å²) in [5, 5.41) is 9.59. The Morgan fingerprint density at radius 3 is 1.78 bits per heavy atom. The smallest absolute Gasteiger partial charge is 0.159 e. The Hall–Kier alpha value is -0.0200. The zero-order valence-corrected chi connectivity index (χ0v) is 13.3. The minimum absolute atomic E-state index is 0.0572. The number of aromatic hydroxyl groups is 1. The van der Waals surface area contributed by atoms with Crippen LogP contribution in [0.5, 0.6) is 11.5 Å². The molecule has 1 aromatic carbocycles. The number of phenolic OH excluding ortho intramolecular Hbond substituents is 1. The molecule has 0 aliphatic rings. The fraction of sp³-hybridized carbons (Fsp3) is 0.500. The highest BCUT2D eigenvalue weighted by atomic mass is 35.5. The van der Waals surface area contributed by atoms with Gasteiger partial charge in [-0.05, 0) is 11.8 Å². The SMILES string of the molecule is CC(C)C(C)COc1c(Cl)c(Cl)c(O)c(Cl)c1Cl. The maximum absolute atomic E-state index is 9.57. The van der Waals surface area contributed by atoms with E-state index in [2.05, 4.69) is 20.8 Å². The Bertz CT molecular complexity index is 417. The molecule has 0 saturated carbocycles. The van der Waals surface area contributed by atoms with Gasteiger partial charge in [0.2, 0.25) is 0 Å². The summed E-state index contributed by atoms with van der Waals surface area (Å²) in [6.07, 6.45) is 0. The van der Waals surface area contributed by atoms with Gasteiger partial charge < -0.3 is 9.84 Å². The Morgan fingerprint density at radius 1 is 0.944 bits per heavy atom. The lowest BCUT2D eigenvalue weighted by Gasteiger charge is -2.19. The summed E-state index contributed by atoms with van der Waals surface area (Å²) in [7, 11) is 0. The number of halogens is 4. The molecule has 0 saturated heterocycles. The molecule has 102 valence electrons. The third kappa shape index (κ3) is 3.30. The molecule has 0 aromatic heterocycles. The van der Waals surface area contributed by atoms with Gasteiger partial charge in [0, 0.05) is 0 Å². The number of hydrogen-bond acceptors (Lipinski definition) is 2. The lowest BCUT2D eigenvalue weighted by Crippen LogP contribution is -2.14. The minimum atomic E-state index is -0.336. The lowest BCUT2D eigenvalue weighted by atomic mass is 9.99. The zero-order chi connectivity index (χ0) is 14.0. The second-order valence-electron chi connectivity index (χ2n) is 4.47. The zero-order valence-electron chi connectivity index (χ0n) is 10.2. The summed E-state index contributed by atoms with van der Waals surface area (Å²) >= 11 is 23.6. The van der Waals surface area contributed by atoms with Crippen molar-refractivity contribution in [3.8, 4) is 11.5 Å². The van der Waals surface area contributed by atoms with Gasteiger partial charge in [0.1, 0.15) is 20.1 Å². The minimum Gasteiger partial charge on any atom is -0.505 e. The van der Waals surface area contributed by atoms with Crippen molar-refractivity contribution in [1.29, 1.82) is 0 Å². The van der Waals surface area contributed by atoms with E-state index in [0.29, 0.717) is 18.4 Å². The van der Waals surface area contributed by atoms with Gasteiger partial charge in [-0.1, -0.05) is 67.2 Å². The van der Waals surface area contributed by atoms with Crippen molar-refractivity contribution < 1.29 is 9.84 Å². The normalized spacial score (nSPS) is 12.9. The number of ether oxygens (including phenoxy) is 1. The van der Waals surface area contributed by atoms with Crippen molar-refractivity contribution in [3.05, 3.63) is 20.1 Å². The monoisotopic (exact) mass is 330 g/mol. The van der Waals surface area contributed by atoms with E-state index >= 15 is 0 Å². The van der Waals surface area contributed by atoms with Crippen molar-refractivity contribution in [2.24, 2.45) is 11.8 Å². The highest BCUT2D eigenvalue weighted by Gasteiger charge is 2.22. The first-order valence-electron chi connectivity index (χ1n) is 5.45. The highest BCUT2D eigenvalue weighted by molar-refractivity contribution is 6.50. The first-order chi connectivity index (χ1) is 8.27. The topological polar surface area (TPSA) is 29.5 Å². The fourth-order valence-corrected chi connectivity index (χ4v) is 2.07. The van der Waals surface area contributed by atoms with E-state index in [1.54, 1.807) is 0 Å². The Morgan fingerprint density at radius 2 is 1.39 bits per heavy atom. The summed E-state index contributed by atoms with van der Waals surface area (Å²) in [5.41, 5.74) is 0. The molecule has 0 aliphatic heterocycles. The Kier molecular flexibility index (Phi) is 5.72. The Labute approximate surface area is 127 Å². The summed E-state index contributed by atoms with van der Waals surface area (Å²) in [6, 6.07) is 0. The first kappa shape index (κ1) is 16.0. The second kappa shape index (κ2) is 6.42. The van der Waals surface area contributed by atoms with Crippen molar-refractivity contribution in [3.63, 3.8) is 0 Å². The maximum atomic E-state index is 9.57. The molecule has 0 aliphatic carbocycles. The predicted molar refractivity (Wildman–Crippen MR) is 77.6 cm³/mol. The van der Waals surface area contributed by atoms with Gasteiger partial charge in [-0.25, -0.2) is 0 Å². The summed E-state index contributed by atoms with van der Waals surface area (Å²) in [5.74, 6) is 0.658. The summed E-state index contributed by atoms with van der Waals surface area (Å²) in [4.78, 5) is 0. The van der Waals surface area contributed by atoms with Crippen LogP contribution in [-0.2, 0) is 0 Å². The molecule has 6 heteroatoms. The average Bonchev–Trinajstić information content (AvgIpc) is 2.33. The van der Waals surface area contributed by atoms with Crippen LogP contribution in [0.3, 0.4) is 0 Å². The van der Waals surface area contributed by atoms with Crippen LogP contribution in [0, 0.1) is 11.8 Å². The van der Waals surface area contributed by atoms with Crippen LogP contribution in [-0.4, -0.2) is 11.7 Å². The molecule has 0 heterocycles. The van der Waals surface area contributed by atoms with Gasteiger partial charge in [-0.3, -0.25) is 0 Å². The van der Waals surface area contributed by atoms with E-state index in [-0.39, 0.29) is 31.6 Å². The molecule has 0 radical (unpaired) electrons. The number of phenols is 1. The van der Waals surface area contributed by atoms with Crippen molar-refractivity contribution in [2.45, 2.75) is 20.8 Å². The Balaban J connectivity index is 3.03. The van der Waals surface area contributed by atoms with Gasteiger partial charge in [-0.2, -0.15) is 0 Å². The summed E-state index contributed by atoms with van der Waals surface area (Å²) in [6.45, 7) is 6.67. The van der Waals surface area contributed by atoms with Crippen molar-refractivity contribution in [2.75, 3.05) is 6.61 Å². The molecule has 0 amide bonds. The van der Waals surface area contributed by atoms with E-state index < -0.39 is 0 Å². The summed E-state index contributed by atoms with van der Waals surface area (Å²) < 4.78 is 5.56. The molecule has 0 bridgehead atoms. The average molecular weight is 332 g/mol. The third-order valence-corrected chi connectivity index (χ3v) is 4.48. The fourth-order valence-electron chi connectivity index (χ4n) is 1.13.